The van der Waals surface area contributed by atoms with Gasteiger partial charge in [0.25, 0.3) is 11.6 Å². The van der Waals surface area contributed by atoms with Crippen molar-refractivity contribution in [2.24, 2.45) is 0 Å². The third-order valence-electron chi connectivity index (χ3n) is 6.15. The van der Waals surface area contributed by atoms with Gasteiger partial charge < -0.3 is 14.7 Å². The number of nitrogens with zero attached hydrogens (tertiary/aromatic N) is 4. The minimum atomic E-state index is -0.0881. The van der Waals surface area contributed by atoms with Crippen molar-refractivity contribution in [3.63, 3.8) is 0 Å². The number of rotatable bonds is 7. The monoisotopic (exact) mass is 435 g/mol. The third-order valence-corrected chi connectivity index (χ3v) is 6.15. The van der Waals surface area contributed by atoms with E-state index in [1.54, 1.807) is 0 Å². The molecule has 7 heteroatoms. The lowest BCUT2D eigenvalue weighted by molar-refractivity contribution is 0.0953. The second-order valence-corrected chi connectivity index (χ2v) is 8.97. The number of carbonyl (C=O) groups is 1. The normalized spacial score (nSPS) is 15.0. The number of carbonyl (C=O) groups excluding carboxylic acids is 1. The molecule has 0 atom stereocenters. The van der Waals surface area contributed by atoms with Crippen molar-refractivity contribution in [2.45, 2.75) is 40.0 Å². The standard InChI is InChI=1S/C25H33N5O2/c1-17(2)22-16-21(23-19(4)28-32-25(23)27-22)24(31)26-9-6-10-29-11-13-30(14-12-29)20-8-5-7-18(3)15-20/h5,7-8,15-17H,6,9-14H2,1-4H3,(H,26,31). The first-order valence-corrected chi connectivity index (χ1v) is 11.5. The van der Waals surface area contributed by atoms with Crippen molar-refractivity contribution in [1.82, 2.24) is 20.4 Å². The van der Waals surface area contributed by atoms with Crippen LogP contribution in [0.2, 0.25) is 0 Å². The smallest absolute Gasteiger partial charge is 0.259 e. The van der Waals surface area contributed by atoms with Crippen LogP contribution in [0.3, 0.4) is 0 Å². The molecular weight excluding hydrogens is 402 g/mol. The van der Waals surface area contributed by atoms with E-state index >= 15 is 0 Å². The van der Waals surface area contributed by atoms with Crippen LogP contribution in [0.25, 0.3) is 11.1 Å². The van der Waals surface area contributed by atoms with Crippen molar-refractivity contribution in [1.29, 1.82) is 0 Å². The maximum Gasteiger partial charge on any atom is 0.259 e. The molecule has 7 nitrogen and oxygen atoms in total. The Kier molecular flexibility index (Phi) is 6.74. The van der Waals surface area contributed by atoms with E-state index in [0.717, 1.165) is 44.8 Å². The van der Waals surface area contributed by atoms with Crippen LogP contribution in [0.1, 0.15) is 53.5 Å². The highest BCUT2D eigenvalue weighted by atomic mass is 16.5. The van der Waals surface area contributed by atoms with E-state index in [4.69, 9.17) is 4.52 Å². The van der Waals surface area contributed by atoms with Gasteiger partial charge in [0.1, 0.15) is 0 Å². The molecule has 1 amide bonds. The van der Waals surface area contributed by atoms with E-state index in [0.29, 0.717) is 28.9 Å². The molecule has 1 aromatic carbocycles. The number of pyridine rings is 1. The second kappa shape index (κ2) is 9.69. The molecular formula is C25H33N5O2. The van der Waals surface area contributed by atoms with Crippen molar-refractivity contribution < 1.29 is 9.32 Å². The zero-order chi connectivity index (χ0) is 22.7. The fourth-order valence-corrected chi connectivity index (χ4v) is 4.24. The summed E-state index contributed by atoms with van der Waals surface area (Å²) in [4.78, 5) is 22.4. The van der Waals surface area contributed by atoms with E-state index in [-0.39, 0.29) is 11.8 Å². The first-order chi connectivity index (χ1) is 15.4. The summed E-state index contributed by atoms with van der Waals surface area (Å²) in [5.74, 6) is 0.115. The van der Waals surface area contributed by atoms with Crippen molar-refractivity contribution in [3.05, 3.63) is 52.8 Å². The average Bonchev–Trinajstić information content (AvgIpc) is 3.17. The Morgan fingerprint density at radius 1 is 1.16 bits per heavy atom. The molecule has 0 bridgehead atoms. The van der Waals surface area contributed by atoms with Crippen LogP contribution >= 0.6 is 0 Å². The van der Waals surface area contributed by atoms with Gasteiger partial charge >= 0.3 is 0 Å². The number of hydrogen-bond donors (Lipinski definition) is 1. The summed E-state index contributed by atoms with van der Waals surface area (Å²) in [5, 5.41) is 7.79. The Balaban J connectivity index is 1.28. The van der Waals surface area contributed by atoms with E-state index in [1.165, 1.54) is 11.3 Å². The van der Waals surface area contributed by atoms with Crippen LogP contribution in [-0.4, -0.2) is 60.2 Å². The zero-order valence-electron chi connectivity index (χ0n) is 19.5. The van der Waals surface area contributed by atoms with Gasteiger partial charge in [-0.05, 0) is 56.5 Å². The number of piperazine rings is 1. The molecule has 0 saturated carbocycles. The second-order valence-electron chi connectivity index (χ2n) is 8.97. The number of benzene rings is 1. The molecule has 170 valence electrons. The topological polar surface area (TPSA) is 74.5 Å². The Hall–Kier alpha value is -2.93. The van der Waals surface area contributed by atoms with E-state index < -0.39 is 0 Å². The fourth-order valence-electron chi connectivity index (χ4n) is 4.24. The molecule has 1 fully saturated rings. The molecule has 1 saturated heterocycles. The minimum absolute atomic E-state index is 0.0881. The van der Waals surface area contributed by atoms with Crippen LogP contribution in [-0.2, 0) is 0 Å². The lowest BCUT2D eigenvalue weighted by atomic mass is 10.0. The number of fused-ring (bicyclic) bond motifs is 1. The third kappa shape index (κ3) is 4.93. The van der Waals surface area contributed by atoms with Gasteiger partial charge in [-0.1, -0.05) is 31.1 Å². The quantitative estimate of drug-likeness (QED) is 0.567. The van der Waals surface area contributed by atoms with Crippen molar-refractivity contribution >= 4 is 22.7 Å². The van der Waals surface area contributed by atoms with E-state index in [1.807, 2.05) is 13.0 Å². The molecule has 4 rings (SSSR count). The van der Waals surface area contributed by atoms with E-state index in [9.17, 15) is 4.79 Å². The Morgan fingerprint density at radius 2 is 1.94 bits per heavy atom. The first-order valence-electron chi connectivity index (χ1n) is 11.5. The largest absolute Gasteiger partial charge is 0.369 e. The fraction of sp³-hybridized carbons (Fsp3) is 0.480. The molecule has 1 aliphatic heterocycles. The van der Waals surface area contributed by atoms with Gasteiger partial charge in [0, 0.05) is 44.1 Å². The number of anilines is 1. The maximum absolute atomic E-state index is 12.9. The zero-order valence-corrected chi connectivity index (χ0v) is 19.5. The lowest BCUT2D eigenvalue weighted by Gasteiger charge is -2.36. The number of nitrogens with one attached hydrogen (secondary N) is 1. The molecule has 32 heavy (non-hydrogen) atoms. The average molecular weight is 436 g/mol. The summed E-state index contributed by atoms with van der Waals surface area (Å²) in [5.41, 5.74) is 5.18. The summed E-state index contributed by atoms with van der Waals surface area (Å²) >= 11 is 0. The number of amides is 1. The summed E-state index contributed by atoms with van der Waals surface area (Å²) in [7, 11) is 0. The summed E-state index contributed by atoms with van der Waals surface area (Å²) in [6.45, 7) is 13.9. The van der Waals surface area contributed by atoms with Crippen LogP contribution in [0.15, 0.2) is 34.9 Å². The highest BCUT2D eigenvalue weighted by Crippen LogP contribution is 2.25. The van der Waals surface area contributed by atoms with Crippen LogP contribution < -0.4 is 10.2 Å². The van der Waals surface area contributed by atoms with E-state index in [2.05, 4.69) is 70.3 Å². The predicted octanol–water partition coefficient (Wildman–Crippen LogP) is 3.91. The van der Waals surface area contributed by atoms with Crippen molar-refractivity contribution in [2.75, 3.05) is 44.2 Å². The van der Waals surface area contributed by atoms with Gasteiger partial charge in [0.15, 0.2) is 0 Å². The number of aryl methyl sites for hydroxylation is 2. The molecule has 0 unspecified atom stereocenters. The molecule has 0 radical (unpaired) electrons. The highest BCUT2D eigenvalue weighted by Gasteiger charge is 2.20. The van der Waals surface area contributed by atoms with Gasteiger partial charge in [-0.3, -0.25) is 9.69 Å². The Labute approximate surface area is 189 Å². The lowest BCUT2D eigenvalue weighted by Crippen LogP contribution is -2.47. The van der Waals surface area contributed by atoms with Crippen LogP contribution in [0.4, 0.5) is 5.69 Å². The van der Waals surface area contributed by atoms with Crippen LogP contribution in [0, 0.1) is 13.8 Å². The Morgan fingerprint density at radius 3 is 2.66 bits per heavy atom. The molecule has 0 spiro atoms. The SMILES string of the molecule is Cc1cccc(N2CCN(CCCNC(=O)c3cc(C(C)C)nc4onc(C)c34)CC2)c1. The molecule has 1 N–H and O–H groups in total. The molecule has 3 aromatic rings. The summed E-state index contributed by atoms with van der Waals surface area (Å²) in [6.07, 6.45) is 0.921. The van der Waals surface area contributed by atoms with Gasteiger partial charge in [0.2, 0.25) is 0 Å². The minimum Gasteiger partial charge on any atom is -0.369 e. The first kappa shape index (κ1) is 22.3. The summed E-state index contributed by atoms with van der Waals surface area (Å²) < 4.78 is 5.33. The molecule has 3 heterocycles. The van der Waals surface area contributed by atoms with Gasteiger partial charge in [-0.15, -0.1) is 0 Å². The number of aromatic nitrogens is 2. The number of hydrogen-bond acceptors (Lipinski definition) is 6. The highest BCUT2D eigenvalue weighted by molar-refractivity contribution is 6.06. The van der Waals surface area contributed by atoms with Gasteiger partial charge in [0.05, 0.1) is 16.6 Å². The van der Waals surface area contributed by atoms with Gasteiger partial charge in [-0.2, -0.15) is 0 Å². The predicted molar refractivity (Wildman–Crippen MR) is 127 cm³/mol. The molecule has 0 aliphatic carbocycles. The molecule has 2 aromatic heterocycles. The Bertz CT molecular complexity index is 1080. The maximum atomic E-state index is 12.9. The van der Waals surface area contributed by atoms with Crippen LogP contribution in [0.5, 0.6) is 0 Å². The van der Waals surface area contributed by atoms with Gasteiger partial charge in [-0.25, -0.2) is 4.98 Å². The summed E-state index contributed by atoms with van der Waals surface area (Å²) in [6, 6.07) is 10.6. The van der Waals surface area contributed by atoms with Crippen molar-refractivity contribution in [3.8, 4) is 0 Å². The molecule has 1 aliphatic rings.